The van der Waals surface area contributed by atoms with E-state index in [-0.39, 0.29) is 0 Å². The van der Waals surface area contributed by atoms with Crippen molar-refractivity contribution in [3.05, 3.63) is 29.6 Å². The smallest absolute Gasteiger partial charge is 0.249 e. The number of rotatable bonds is 4. The van der Waals surface area contributed by atoms with E-state index in [9.17, 15) is 4.79 Å². The van der Waals surface area contributed by atoms with E-state index in [0.717, 1.165) is 21.5 Å². The van der Waals surface area contributed by atoms with E-state index < -0.39 is 5.91 Å². The Morgan fingerprint density at radius 3 is 2.89 bits per heavy atom. The van der Waals surface area contributed by atoms with Crippen molar-refractivity contribution in [3.8, 4) is 0 Å². The second kappa shape index (κ2) is 5.36. The van der Waals surface area contributed by atoms with E-state index in [2.05, 4.69) is 9.36 Å². The first-order valence-electron chi connectivity index (χ1n) is 5.30. The molecule has 0 aliphatic heterocycles. The summed E-state index contributed by atoms with van der Waals surface area (Å²) in [5.41, 5.74) is 11.9. The van der Waals surface area contributed by atoms with Crippen LogP contribution in [0.5, 0.6) is 0 Å². The molecule has 18 heavy (non-hydrogen) atoms. The maximum Gasteiger partial charge on any atom is 0.249 e. The standard InChI is InChI=1S/C11H12N4OS2/c1-2-9-14-11(18-15-9)17-8-4-3-6(12)5-7(8)10(13)16/h3-5H,2,12H2,1H3,(H2,13,16). The minimum atomic E-state index is -0.495. The molecule has 0 spiro atoms. The van der Waals surface area contributed by atoms with Crippen molar-refractivity contribution in [2.24, 2.45) is 5.73 Å². The minimum absolute atomic E-state index is 0.410. The number of anilines is 1. The van der Waals surface area contributed by atoms with Gasteiger partial charge in [0.15, 0.2) is 4.34 Å². The van der Waals surface area contributed by atoms with Crippen molar-refractivity contribution in [3.63, 3.8) is 0 Å². The van der Waals surface area contributed by atoms with Crippen LogP contribution in [0.1, 0.15) is 23.1 Å². The van der Waals surface area contributed by atoms with Crippen molar-refractivity contribution in [2.75, 3.05) is 5.73 Å². The van der Waals surface area contributed by atoms with Crippen LogP contribution in [0.2, 0.25) is 0 Å². The van der Waals surface area contributed by atoms with E-state index in [1.54, 1.807) is 18.2 Å². The van der Waals surface area contributed by atoms with Gasteiger partial charge in [0.25, 0.3) is 0 Å². The number of nitrogens with zero attached hydrogens (tertiary/aromatic N) is 2. The van der Waals surface area contributed by atoms with Gasteiger partial charge in [-0.2, -0.15) is 4.37 Å². The molecular formula is C11H12N4OS2. The van der Waals surface area contributed by atoms with Crippen LogP contribution in [0, 0.1) is 0 Å². The molecule has 5 nitrogen and oxygen atoms in total. The van der Waals surface area contributed by atoms with Crippen LogP contribution in [-0.2, 0) is 6.42 Å². The number of hydrogen-bond acceptors (Lipinski definition) is 6. The number of hydrogen-bond donors (Lipinski definition) is 2. The van der Waals surface area contributed by atoms with Crippen LogP contribution < -0.4 is 11.5 Å². The molecule has 1 aromatic carbocycles. The Morgan fingerprint density at radius 1 is 1.50 bits per heavy atom. The quantitative estimate of drug-likeness (QED) is 0.834. The third kappa shape index (κ3) is 2.80. The lowest BCUT2D eigenvalue weighted by Gasteiger charge is -2.04. The van der Waals surface area contributed by atoms with Gasteiger partial charge in [-0.15, -0.1) is 0 Å². The minimum Gasteiger partial charge on any atom is -0.399 e. The van der Waals surface area contributed by atoms with E-state index in [0.29, 0.717) is 11.3 Å². The molecule has 1 aromatic heterocycles. The van der Waals surface area contributed by atoms with Gasteiger partial charge in [0.1, 0.15) is 5.82 Å². The number of primary amides is 1. The first-order chi connectivity index (χ1) is 8.60. The molecule has 4 N–H and O–H groups in total. The number of amides is 1. The van der Waals surface area contributed by atoms with Crippen LogP contribution in [0.25, 0.3) is 0 Å². The van der Waals surface area contributed by atoms with Crippen molar-refractivity contribution < 1.29 is 4.79 Å². The lowest BCUT2D eigenvalue weighted by atomic mass is 10.2. The molecule has 0 aliphatic rings. The van der Waals surface area contributed by atoms with Gasteiger partial charge in [0.05, 0.1) is 5.56 Å². The molecule has 0 saturated carbocycles. The molecule has 0 radical (unpaired) electrons. The zero-order valence-corrected chi connectivity index (χ0v) is 11.3. The highest BCUT2D eigenvalue weighted by molar-refractivity contribution is 8.01. The lowest BCUT2D eigenvalue weighted by molar-refractivity contribution is 0.0997. The first-order valence-corrected chi connectivity index (χ1v) is 6.89. The highest BCUT2D eigenvalue weighted by Gasteiger charge is 2.12. The maximum absolute atomic E-state index is 11.3. The molecule has 2 rings (SSSR count). The molecule has 0 saturated heterocycles. The van der Waals surface area contributed by atoms with Crippen molar-refractivity contribution in [1.29, 1.82) is 0 Å². The van der Waals surface area contributed by atoms with Gasteiger partial charge >= 0.3 is 0 Å². The van der Waals surface area contributed by atoms with Crippen LogP contribution in [0.15, 0.2) is 27.4 Å². The predicted molar refractivity (Wildman–Crippen MR) is 72.8 cm³/mol. The normalized spacial score (nSPS) is 10.5. The van der Waals surface area contributed by atoms with Crippen LogP contribution >= 0.6 is 23.3 Å². The molecule has 0 fully saturated rings. The Bertz CT molecular complexity index is 582. The SMILES string of the molecule is CCc1nsc(Sc2ccc(N)cc2C(N)=O)n1. The number of nitrogens with two attached hydrogens (primary N) is 2. The van der Waals surface area contributed by atoms with Crippen molar-refractivity contribution >= 4 is 34.9 Å². The summed E-state index contributed by atoms with van der Waals surface area (Å²) in [6.07, 6.45) is 0.793. The van der Waals surface area contributed by atoms with Gasteiger partial charge in [-0.3, -0.25) is 4.79 Å². The predicted octanol–water partition coefficient (Wildman–Crippen LogP) is 1.93. The van der Waals surface area contributed by atoms with Gasteiger partial charge in [-0.05, 0) is 29.7 Å². The van der Waals surface area contributed by atoms with Crippen molar-refractivity contribution in [1.82, 2.24) is 9.36 Å². The highest BCUT2D eigenvalue weighted by atomic mass is 32.2. The van der Waals surface area contributed by atoms with Gasteiger partial charge < -0.3 is 11.5 Å². The third-order valence-electron chi connectivity index (χ3n) is 2.23. The summed E-state index contributed by atoms with van der Waals surface area (Å²) in [6.45, 7) is 1.99. The average molecular weight is 280 g/mol. The van der Waals surface area contributed by atoms with Crippen molar-refractivity contribution in [2.45, 2.75) is 22.6 Å². The van der Waals surface area contributed by atoms with Crippen LogP contribution in [0.3, 0.4) is 0 Å². The molecule has 0 atom stereocenters. The van der Waals surface area contributed by atoms with Gasteiger partial charge in [0, 0.05) is 17.0 Å². The fourth-order valence-electron chi connectivity index (χ4n) is 1.35. The molecule has 0 bridgehead atoms. The summed E-state index contributed by atoms with van der Waals surface area (Å²) in [4.78, 5) is 16.4. The fraction of sp³-hybridized carbons (Fsp3) is 0.182. The van der Waals surface area contributed by atoms with E-state index in [1.165, 1.54) is 23.3 Å². The van der Waals surface area contributed by atoms with Crippen LogP contribution in [0.4, 0.5) is 5.69 Å². The van der Waals surface area contributed by atoms with Gasteiger partial charge in [-0.1, -0.05) is 18.7 Å². The summed E-state index contributed by atoms with van der Waals surface area (Å²) in [5.74, 6) is 0.309. The zero-order chi connectivity index (χ0) is 13.1. The second-order valence-corrected chi connectivity index (χ2v) is 5.59. The topological polar surface area (TPSA) is 94.9 Å². The van der Waals surface area contributed by atoms with E-state index >= 15 is 0 Å². The van der Waals surface area contributed by atoms with Gasteiger partial charge in [0.2, 0.25) is 5.91 Å². The zero-order valence-electron chi connectivity index (χ0n) is 9.71. The number of benzene rings is 1. The largest absolute Gasteiger partial charge is 0.399 e. The summed E-state index contributed by atoms with van der Waals surface area (Å²) in [6, 6.07) is 5.08. The average Bonchev–Trinajstić information content (AvgIpc) is 2.79. The molecule has 2 aromatic rings. The second-order valence-electron chi connectivity index (χ2n) is 3.55. The lowest BCUT2D eigenvalue weighted by Crippen LogP contribution is -2.12. The van der Waals surface area contributed by atoms with E-state index in [4.69, 9.17) is 11.5 Å². The molecule has 1 heterocycles. The highest BCUT2D eigenvalue weighted by Crippen LogP contribution is 2.32. The Hall–Kier alpha value is -1.60. The number of aryl methyl sites for hydroxylation is 1. The Morgan fingerprint density at radius 2 is 2.28 bits per heavy atom. The first kappa shape index (κ1) is 12.8. The molecular weight excluding hydrogens is 268 g/mol. The Balaban J connectivity index is 2.30. The third-order valence-corrected chi connectivity index (χ3v) is 4.10. The van der Waals surface area contributed by atoms with Crippen LogP contribution in [-0.4, -0.2) is 15.3 Å². The number of carbonyl (C=O) groups excluding carboxylic acids is 1. The number of aromatic nitrogens is 2. The molecule has 1 amide bonds. The number of carbonyl (C=O) groups is 1. The fourth-order valence-corrected chi connectivity index (χ4v) is 3.12. The summed E-state index contributed by atoms with van der Waals surface area (Å²) < 4.78 is 4.98. The molecule has 0 unspecified atom stereocenters. The number of nitrogen functional groups attached to an aromatic ring is 1. The monoisotopic (exact) mass is 280 g/mol. The summed E-state index contributed by atoms with van der Waals surface area (Å²) >= 11 is 2.69. The summed E-state index contributed by atoms with van der Waals surface area (Å²) in [5, 5.41) is 0. The Kier molecular flexibility index (Phi) is 3.83. The Labute approximate surface area is 113 Å². The van der Waals surface area contributed by atoms with E-state index in [1.807, 2.05) is 6.92 Å². The molecule has 0 aliphatic carbocycles. The molecule has 7 heteroatoms. The summed E-state index contributed by atoms with van der Waals surface area (Å²) in [7, 11) is 0. The van der Waals surface area contributed by atoms with Gasteiger partial charge in [-0.25, -0.2) is 4.98 Å². The molecule has 94 valence electrons. The maximum atomic E-state index is 11.3.